The van der Waals surface area contributed by atoms with Crippen molar-refractivity contribution in [3.05, 3.63) is 11.6 Å². The molecule has 0 spiro atoms. The molecule has 0 aromatic carbocycles. The van der Waals surface area contributed by atoms with E-state index in [1.54, 1.807) is 6.92 Å². The second kappa shape index (κ2) is 7.04. The van der Waals surface area contributed by atoms with Crippen LogP contribution in [-0.2, 0) is 19.1 Å². The fourth-order valence-corrected chi connectivity index (χ4v) is 7.39. The van der Waals surface area contributed by atoms with Crippen molar-refractivity contribution in [3.63, 3.8) is 0 Å². The molecule has 4 rings (SSSR count). The standard InChI is InChI=1S/C24H34O5/c1-4-21(28)29-24(20(27)14-25)12-9-19-17-6-5-15-13-16(26)7-10-22(15,2)18(17)8-11-23(19,24)3/h8,15,17,19,25H,4-7,9-14H2,1-3H3/t15-,17+,19-,22-,23-,24+/m0/s1. The Balaban J connectivity index is 1.73. The van der Waals surface area contributed by atoms with Gasteiger partial charge in [0.15, 0.2) is 5.60 Å². The van der Waals surface area contributed by atoms with Gasteiger partial charge in [0.1, 0.15) is 12.4 Å². The third-order valence-corrected chi connectivity index (χ3v) is 9.13. The molecule has 0 unspecified atom stereocenters. The van der Waals surface area contributed by atoms with Crippen molar-refractivity contribution in [2.24, 2.45) is 28.6 Å². The number of carbonyl (C=O) groups is 3. The summed E-state index contributed by atoms with van der Waals surface area (Å²) in [5.41, 5.74) is -0.149. The van der Waals surface area contributed by atoms with Crippen molar-refractivity contribution < 1.29 is 24.2 Å². The molecule has 0 radical (unpaired) electrons. The molecule has 5 nitrogen and oxygen atoms in total. The fourth-order valence-electron chi connectivity index (χ4n) is 7.39. The summed E-state index contributed by atoms with van der Waals surface area (Å²) >= 11 is 0. The Morgan fingerprint density at radius 3 is 2.66 bits per heavy atom. The van der Waals surface area contributed by atoms with Crippen LogP contribution >= 0.6 is 0 Å². The molecule has 0 heterocycles. The van der Waals surface area contributed by atoms with E-state index >= 15 is 0 Å². The molecule has 6 atom stereocenters. The lowest BCUT2D eigenvalue weighted by Crippen LogP contribution is -2.58. The molecule has 0 aromatic heterocycles. The van der Waals surface area contributed by atoms with Crippen LogP contribution in [0, 0.1) is 28.6 Å². The number of allylic oxidation sites excluding steroid dienone is 2. The molecular weight excluding hydrogens is 368 g/mol. The molecule has 3 fully saturated rings. The van der Waals surface area contributed by atoms with Gasteiger partial charge in [0.05, 0.1) is 0 Å². The van der Waals surface area contributed by atoms with Crippen LogP contribution in [0.25, 0.3) is 0 Å². The zero-order valence-electron chi connectivity index (χ0n) is 18.0. The number of Topliss-reactive ketones (excluding diaryl/α,β-unsaturated/α-hetero) is 2. The maximum atomic E-state index is 12.9. The van der Waals surface area contributed by atoms with Crippen LogP contribution in [0.4, 0.5) is 0 Å². The molecule has 0 amide bonds. The highest BCUT2D eigenvalue weighted by Crippen LogP contribution is 2.67. The monoisotopic (exact) mass is 402 g/mol. The number of hydrogen-bond donors (Lipinski definition) is 1. The highest BCUT2D eigenvalue weighted by atomic mass is 16.6. The third kappa shape index (κ3) is 2.79. The SMILES string of the molecule is CCC(=O)O[C@@]1(C(=O)CO)CC[C@H]2[C@@H]3CC[C@H]4CC(=O)CC[C@]4(C)C3=CC[C@@]21C. The van der Waals surface area contributed by atoms with Crippen LogP contribution in [0.2, 0.25) is 0 Å². The minimum absolute atomic E-state index is 0.0739. The first-order valence-electron chi connectivity index (χ1n) is 11.3. The van der Waals surface area contributed by atoms with E-state index in [0.29, 0.717) is 43.3 Å². The highest BCUT2D eigenvalue weighted by Gasteiger charge is 2.67. The van der Waals surface area contributed by atoms with Crippen LogP contribution in [0.5, 0.6) is 0 Å². The average Bonchev–Trinajstić information content (AvgIpc) is 3.01. The highest BCUT2D eigenvalue weighted by molar-refractivity contribution is 5.92. The predicted octanol–water partition coefficient (Wildman–Crippen LogP) is 3.77. The van der Waals surface area contributed by atoms with E-state index in [4.69, 9.17) is 4.74 Å². The van der Waals surface area contributed by atoms with Crippen molar-refractivity contribution in [1.29, 1.82) is 0 Å². The van der Waals surface area contributed by atoms with Gasteiger partial charge in [0.25, 0.3) is 0 Å². The summed E-state index contributed by atoms with van der Waals surface area (Å²) in [5, 5.41) is 9.72. The lowest BCUT2D eigenvalue weighted by Gasteiger charge is -2.56. The number of ketones is 2. The zero-order valence-corrected chi connectivity index (χ0v) is 18.0. The zero-order chi connectivity index (χ0) is 21.0. The molecular formula is C24H34O5. The topological polar surface area (TPSA) is 80.7 Å². The van der Waals surface area contributed by atoms with Gasteiger partial charge in [-0.1, -0.05) is 32.4 Å². The van der Waals surface area contributed by atoms with Crippen molar-refractivity contribution in [1.82, 2.24) is 0 Å². The van der Waals surface area contributed by atoms with Crippen molar-refractivity contribution in [2.75, 3.05) is 6.61 Å². The minimum atomic E-state index is -1.22. The molecule has 29 heavy (non-hydrogen) atoms. The van der Waals surface area contributed by atoms with E-state index in [1.807, 2.05) is 0 Å². The number of ether oxygens (including phenoxy) is 1. The Morgan fingerprint density at radius 2 is 1.97 bits per heavy atom. The largest absolute Gasteiger partial charge is 0.450 e. The van der Waals surface area contributed by atoms with Crippen LogP contribution < -0.4 is 0 Å². The summed E-state index contributed by atoms with van der Waals surface area (Å²) < 4.78 is 5.88. The Morgan fingerprint density at radius 1 is 1.21 bits per heavy atom. The molecule has 160 valence electrons. The van der Waals surface area contributed by atoms with Gasteiger partial charge in [-0.3, -0.25) is 14.4 Å². The smallest absolute Gasteiger partial charge is 0.306 e. The molecule has 0 aromatic rings. The van der Waals surface area contributed by atoms with E-state index in [9.17, 15) is 19.5 Å². The van der Waals surface area contributed by atoms with Gasteiger partial charge in [-0.05, 0) is 61.7 Å². The van der Waals surface area contributed by atoms with Gasteiger partial charge < -0.3 is 9.84 Å². The first-order valence-corrected chi connectivity index (χ1v) is 11.3. The normalized spacial score (nSPS) is 43.7. The van der Waals surface area contributed by atoms with Crippen molar-refractivity contribution >= 4 is 17.5 Å². The molecule has 5 heteroatoms. The number of aliphatic hydroxyl groups is 1. The number of rotatable bonds is 4. The first kappa shape index (κ1) is 20.8. The number of esters is 1. The van der Waals surface area contributed by atoms with E-state index in [0.717, 1.165) is 25.7 Å². The second-order valence-electron chi connectivity index (χ2n) is 10.2. The third-order valence-electron chi connectivity index (χ3n) is 9.13. The number of carbonyl (C=O) groups excluding carboxylic acids is 3. The molecule has 0 bridgehead atoms. The molecule has 4 aliphatic carbocycles. The number of aliphatic hydroxyl groups excluding tert-OH is 1. The summed E-state index contributed by atoms with van der Waals surface area (Å²) in [6.07, 6.45) is 8.92. The summed E-state index contributed by atoms with van der Waals surface area (Å²) in [4.78, 5) is 37.3. The Bertz CT molecular complexity index is 769. The Hall–Kier alpha value is -1.49. The molecule has 4 aliphatic rings. The number of fused-ring (bicyclic) bond motifs is 5. The summed E-state index contributed by atoms with van der Waals surface area (Å²) in [5.74, 6) is 0.731. The van der Waals surface area contributed by atoms with Gasteiger partial charge >= 0.3 is 5.97 Å². The van der Waals surface area contributed by atoms with Crippen molar-refractivity contribution in [3.8, 4) is 0 Å². The first-order chi connectivity index (χ1) is 13.7. The average molecular weight is 403 g/mol. The second-order valence-corrected chi connectivity index (χ2v) is 10.2. The van der Waals surface area contributed by atoms with Gasteiger partial charge in [-0.25, -0.2) is 0 Å². The predicted molar refractivity (Wildman–Crippen MR) is 108 cm³/mol. The summed E-state index contributed by atoms with van der Waals surface area (Å²) in [6.45, 7) is 5.57. The van der Waals surface area contributed by atoms with Crippen LogP contribution in [0.15, 0.2) is 11.6 Å². The van der Waals surface area contributed by atoms with Crippen LogP contribution in [0.1, 0.15) is 78.6 Å². The molecule has 0 saturated heterocycles. The van der Waals surface area contributed by atoms with E-state index < -0.39 is 17.6 Å². The van der Waals surface area contributed by atoms with Crippen molar-refractivity contribution in [2.45, 2.75) is 84.2 Å². The van der Waals surface area contributed by atoms with E-state index in [2.05, 4.69) is 19.9 Å². The van der Waals surface area contributed by atoms with Gasteiger partial charge in [-0.2, -0.15) is 0 Å². The number of hydrogen-bond acceptors (Lipinski definition) is 5. The van der Waals surface area contributed by atoms with Crippen LogP contribution in [-0.4, -0.2) is 34.9 Å². The maximum Gasteiger partial charge on any atom is 0.306 e. The van der Waals surface area contributed by atoms with Gasteiger partial charge in [0, 0.05) is 24.7 Å². The lowest BCUT2D eigenvalue weighted by atomic mass is 9.48. The summed E-state index contributed by atoms with van der Waals surface area (Å²) in [6, 6.07) is 0. The van der Waals surface area contributed by atoms with Crippen LogP contribution in [0.3, 0.4) is 0 Å². The van der Waals surface area contributed by atoms with Gasteiger partial charge in [0.2, 0.25) is 5.78 Å². The van der Waals surface area contributed by atoms with E-state index in [1.165, 1.54) is 5.57 Å². The molecule has 3 saturated carbocycles. The Kier molecular flexibility index (Phi) is 5.04. The van der Waals surface area contributed by atoms with E-state index in [-0.39, 0.29) is 29.5 Å². The molecule has 1 N–H and O–H groups in total. The molecule has 0 aliphatic heterocycles. The Labute approximate surface area is 173 Å². The minimum Gasteiger partial charge on any atom is -0.450 e. The quantitative estimate of drug-likeness (QED) is 0.572. The van der Waals surface area contributed by atoms with Gasteiger partial charge in [-0.15, -0.1) is 0 Å². The lowest BCUT2D eigenvalue weighted by molar-refractivity contribution is -0.184. The maximum absolute atomic E-state index is 12.9. The fraction of sp³-hybridized carbons (Fsp3) is 0.792. The summed E-state index contributed by atoms with van der Waals surface area (Å²) in [7, 11) is 0.